The predicted molar refractivity (Wildman–Crippen MR) is 90.4 cm³/mol. The van der Waals surface area contributed by atoms with E-state index in [1.54, 1.807) is 18.3 Å². The van der Waals surface area contributed by atoms with Crippen LogP contribution >= 0.6 is 0 Å². The van der Waals surface area contributed by atoms with E-state index in [0.29, 0.717) is 23.3 Å². The molecule has 5 nitrogen and oxygen atoms in total. The van der Waals surface area contributed by atoms with E-state index in [-0.39, 0.29) is 5.82 Å². The highest BCUT2D eigenvalue weighted by Crippen LogP contribution is 2.22. The average molecular weight is 319 g/mol. The van der Waals surface area contributed by atoms with Crippen molar-refractivity contribution < 1.29 is 4.39 Å². The second-order valence-corrected chi connectivity index (χ2v) is 5.29. The molecular weight excluding hydrogens is 305 g/mol. The monoisotopic (exact) mass is 319 g/mol. The van der Waals surface area contributed by atoms with Crippen LogP contribution in [0.1, 0.15) is 5.56 Å². The summed E-state index contributed by atoms with van der Waals surface area (Å²) in [4.78, 5) is 8.26. The third kappa shape index (κ3) is 2.58. The lowest BCUT2D eigenvalue weighted by Gasteiger charge is -2.12. The Morgan fingerprint density at radius 1 is 1.00 bits per heavy atom. The van der Waals surface area contributed by atoms with Crippen LogP contribution in [-0.4, -0.2) is 19.7 Å². The van der Waals surface area contributed by atoms with Gasteiger partial charge >= 0.3 is 0 Å². The minimum absolute atomic E-state index is 0.315. The van der Waals surface area contributed by atoms with Crippen molar-refractivity contribution in [3.63, 3.8) is 0 Å². The SMILES string of the molecule is Fc1cccc2c(NCc3ccccc3-n3cccn3)ncnc12. The molecule has 0 spiro atoms. The molecule has 118 valence electrons. The number of halogens is 1. The fraction of sp³-hybridized carbons (Fsp3) is 0.0556. The van der Waals surface area contributed by atoms with Gasteiger partial charge in [-0.15, -0.1) is 0 Å². The lowest BCUT2D eigenvalue weighted by atomic mass is 10.1. The molecule has 2 aromatic heterocycles. The van der Waals surface area contributed by atoms with E-state index >= 15 is 0 Å². The van der Waals surface area contributed by atoms with Gasteiger partial charge in [-0.3, -0.25) is 0 Å². The van der Waals surface area contributed by atoms with Gasteiger partial charge in [-0.2, -0.15) is 5.10 Å². The van der Waals surface area contributed by atoms with Crippen molar-refractivity contribution in [3.05, 3.63) is 78.6 Å². The van der Waals surface area contributed by atoms with E-state index in [4.69, 9.17) is 0 Å². The van der Waals surface area contributed by atoms with Gasteiger partial charge in [0.25, 0.3) is 0 Å². The van der Waals surface area contributed by atoms with Crippen molar-refractivity contribution >= 4 is 16.7 Å². The molecule has 0 aliphatic carbocycles. The Morgan fingerprint density at radius 2 is 1.92 bits per heavy atom. The number of hydrogen-bond donors (Lipinski definition) is 1. The smallest absolute Gasteiger partial charge is 0.149 e. The zero-order chi connectivity index (χ0) is 16.4. The van der Waals surface area contributed by atoms with Crippen molar-refractivity contribution in [2.24, 2.45) is 0 Å². The maximum Gasteiger partial charge on any atom is 0.149 e. The molecule has 0 bridgehead atoms. The molecular formula is C18H14FN5. The third-order valence-corrected chi connectivity index (χ3v) is 3.80. The number of fused-ring (bicyclic) bond motifs is 1. The molecule has 4 rings (SSSR count). The number of nitrogens with zero attached hydrogens (tertiary/aromatic N) is 4. The Morgan fingerprint density at radius 3 is 2.79 bits per heavy atom. The maximum absolute atomic E-state index is 13.8. The summed E-state index contributed by atoms with van der Waals surface area (Å²) in [5.41, 5.74) is 2.36. The van der Waals surface area contributed by atoms with Crippen LogP contribution in [0.2, 0.25) is 0 Å². The van der Waals surface area contributed by atoms with E-state index in [1.165, 1.54) is 12.4 Å². The van der Waals surface area contributed by atoms with Crippen molar-refractivity contribution in [2.75, 3.05) is 5.32 Å². The first-order chi connectivity index (χ1) is 11.8. The number of aromatic nitrogens is 4. The Bertz CT molecular complexity index is 982. The molecule has 1 N–H and O–H groups in total. The Kier molecular flexibility index (Phi) is 3.63. The van der Waals surface area contributed by atoms with E-state index in [2.05, 4.69) is 20.4 Å². The fourth-order valence-corrected chi connectivity index (χ4v) is 2.67. The van der Waals surface area contributed by atoms with Crippen molar-refractivity contribution in [1.29, 1.82) is 0 Å². The number of hydrogen-bond acceptors (Lipinski definition) is 4. The van der Waals surface area contributed by atoms with Gasteiger partial charge < -0.3 is 5.32 Å². The number of anilines is 1. The number of benzene rings is 2. The van der Waals surface area contributed by atoms with Gasteiger partial charge in [-0.1, -0.05) is 24.3 Å². The topological polar surface area (TPSA) is 55.6 Å². The molecule has 0 aliphatic heterocycles. The van der Waals surface area contributed by atoms with Crippen LogP contribution in [-0.2, 0) is 6.54 Å². The van der Waals surface area contributed by atoms with Crippen LogP contribution in [0.3, 0.4) is 0 Å². The highest BCUT2D eigenvalue weighted by molar-refractivity contribution is 5.89. The van der Waals surface area contributed by atoms with Gasteiger partial charge in [0, 0.05) is 24.3 Å². The molecule has 4 aromatic rings. The first-order valence-electron chi connectivity index (χ1n) is 7.54. The van der Waals surface area contributed by atoms with Gasteiger partial charge in [0.05, 0.1) is 5.69 Å². The average Bonchev–Trinajstić information content (AvgIpc) is 3.15. The van der Waals surface area contributed by atoms with Gasteiger partial charge in [0.2, 0.25) is 0 Å². The summed E-state index contributed by atoms with van der Waals surface area (Å²) in [5, 5.41) is 8.21. The minimum atomic E-state index is -0.352. The van der Waals surface area contributed by atoms with Gasteiger partial charge in [0.15, 0.2) is 0 Å². The van der Waals surface area contributed by atoms with E-state index in [9.17, 15) is 4.39 Å². The van der Waals surface area contributed by atoms with Crippen LogP contribution in [0.4, 0.5) is 10.2 Å². The standard InChI is InChI=1S/C18H14FN5/c19-15-7-3-6-14-17(15)21-12-22-18(14)20-11-13-5-1-2-8-16(13)24-10-4-9-23-24/h1-10,12H,11H2,(H,20,21,22). The third-order valence-electron chi connectivity index (χ3n) is 3.80. The molecule has 24 heavy (non-hydrogen) atoms. The second-order valence-electron chi connectivity index (χ2n) is 5.29. The second kappa shape index (κ2) is 6.08. The van der Waals surface area contributed by atoms with Gasteiger partial charge in [-0.05, 0) is 29.8 Å². The van der Waals surface area contributed by atoms with Crippen LogP contribution in [0.25, 0.3) is 16.6 Å². The number of nitrogens with one attached hydrogen (secondary N) is 1. The zero-order valence-corrected chi connectivity index (χ0v) is 12.7. The quantitative estimate of drug-likeness (QED) is 0.625. The molecule has 2 heterocycles. The molecule has 0 fully saturated rings. The van der Waals surface area contributed by atoms with Crippen LogP contribution in [0.5, 0.6) is 0 Å². The first-order valence-corrected chi connectivity index (χ1v) is 7.54. The molecule has 0 saturated heterocycles. The van der Waals surface area contributed by atoms with Crippen molar-refractivity contribution in [1.82, 2.24) is 19.7 Å². The van der Waals surface area contributed by atoms with Crippen molar-refractivity contribution in [2.45, 2.75) is 6.54 Å². The van der Waals surface area contributed by atoms with Crippen LogP contribution in [0, 0.1) is 5.82 Å². The summed E-state index contributed by atoms with van der Waals surface area (Å²) >= 11 is 0. The highest BCUT2D eigenvalue weighted by atomic mass is 19.1. The summed E-state index contributed by atoms with van der Waals surface area (Å²) in [6.45, 7) is 0.540. The summed E-state index contributed by atoms with van der Waals surface area (Å²) in [7, 11) is 0. The van der Waals surface area contributed by atoms with E-state index in [0.717, 1.165) is 11.3 Å². The Hall–Kier alpha value is -3.28. The maximum atomic E-state index is 13.8. The lowest BCUT2D eigenvalue weighted by molar-refractivity contribution is 0.636. The molecule has 0 aliphatic rings. The molecule has 0 unspecified atom stereocenters. The summed E-state index contributed by atoms with van der Waals surface area (Å²) < 4.78 is 15.7. The number of para-hydroxylation sites is 2. The van der Waals surface area contributed by atoms with Crippen LogP contribution < -0.4 is 5.32 Å². The minimum Gasteiger partial charge on any atom is -0.365 e. The molecule has 2 aromatic carbocycles. The molecule has 6 heteroatoms. The zero-order valence-electron chi connectivity index (χ0n) is 12.7. The number of rotatable bonds is 4. The largest absolute Gasteiger partial charge is 0.365 e. The highest BCUT2D eigenvalue weighted by Gasteiger charge is 2.09. The molecule has 0 radical (unpaired) electrons. The van der Waals surface area contributed by atoms with Crippen LogP contribution in [0.15, 0.2) is 67.3 Å². The first kappa shape index (κ1) is 14.3. The predicted octanol–water partition coefficient (Wildman–Crippen LogP) is 3.57. The molecule has 0 atom stereocenters. The molecule has 0 saturated carbocycles. The lowest BCUT2D eigenvalue weighted by Crippen LogP contribution is -2.07. The summed E-state index contributed by atoms with van der Waals surface area (Å²) in [6, 6.07) is 14.7. The van der Waals surface area contributed by atoms with E-state index in [1.807, 2.05) is 41.2 Å². The summed E-state index contributed by atoms with van der Waals surface area (Å²) in [6.07, 6.45) is 5.01. The summed E-state index contributed by atoms with van der Waals surface area (Å²) in [5.74, 6) is 0.254. The van der Waals surface area contributed by atoms with Gasteiger partial charge in [-0.25, -0.2) is 19.0 Å². The fourth-order valence-electron chi connectivity index (χ4n) is 2.67. The Balaban J connectivity index is 1.66. The van der Waals surface area contributed by atoms with E-state index < -0.39 is 0 Å². The molecule has 0 amide bonds. The Labute approximate surface area is 137 Å². The van der Waals surface area contributed by atoms with Crippen molar-refractivity contribution in [3.8, 4) is 5.69 Å². The normalized spacial score (nSPS) is 10.9. The van der Waals surface area contributed by atoms with Gasteiger partial charge in [0.1, 0.15) is 23.5 Å².